The summed E-state index contributed by atoms with van der Waals surface area (Å²) >= 11 is 9.49. The molecule has 1 aliphatic carbocycles. The van der Waals surface area contributed by atoms with E-state index in [9.17, 15) is 9.59 Å². The van der Waals surface area contributed by atoms with Gasteiger partial charge in [0.25, 0.3) is 0 Å². The lowest BCUT2D eigenvalue weighted by molar-refractivity contribution is -0.122. The summed E-state index contributed by atoms with van der Waals surface area (Å²) in [5.41, 5.74) is 1.82. The summed E-state index contributed by atoms with van der Waals surface area (Å²) in [6.07, 6.45) is 2.44. The first kappa shape index (κ1) is 16.8. The lowest BCUT2D eigenvalue weighted by Crippen LogP contribution is -2.30. The van der Waals surface area contributed by atoms with Crippen LogP contribution in [-0.2, 0) is 9.59 Å². The Morgan fingerprint density at radius 3 is 2.40 bits per heavy atom. The number of imide groups is 1. The minimum Gasteiger partial charge on any atom is -0.274 e. The molecule has 1 saturated heterocycles. The zero-order valence-electron chi connectivity index (χ0n) is 13.5. The number of carbonyl (C=O) groups excluding carboxylic acids is 2. The fourth-order valence-electron chi connectivity index (χ4n) is 4.09. The van der Waals surface area contributed by atoms with Gasteiger partial charge in [0.05, 0.1) is 22.5 Å². The van der Waals surface area contributed by atoms with Crippen molar-refractivity contribution in [3.63, 3.8) is 0 Å². The Bertz CT molecular complexity index is 839. The topological polar surface area (TPSA) is 37.4 Å². The van der Waals surface area contributed by atoms with Crippen LogP contribution >= 0.6 is 27.5 Å². The zero-order valence-corrected chi connectivity index (χ0v) is 15.8. The highest BCUT2D eigenvalue weighted by Crippen LogP contribution is 2.46. The molecule has 1 saturated carbocycles. The third kappa shape index (κ3) is 2.91. The van der Waals surface area contributed by atoms with E-state index in [4.69, 9.17) is 11.6 Å². The molecule has 0 aromatic heterocycles. The molecule has 1 heterocycles. The molecule has 128 valence electrons. The maximum Gasteiger partial charge on any atom is 0.237 e. The average Bonchev–Trinajstić information content (AvgIpc) is 2.89. The van der Waals surface area contributed by atoms with Crippen LogP contribution in [-0.4, -0.2) is 11.8 Å². The van der Waals surface area contributed by atoms with Gasteiger partial charge in [-0.05, 0) is 64.9 Å². The van der Waals surface area contributed by atoms with Gasteiger partial charge in [-0.3, -0.25) is 14.5 Å². The van der Waals surface area contributed by atoms with E-state index in [-0.39, 0.29) is 23.7 Å². The predicted octanol–water partition coefficient (Wildman–Crippen LogP) is 5.18. The highest BCUT2D eigenvalue weighted by Gasteiger charge is 2.50. The average molecular weight is 419 g/mol. The Labute approximate surface area is 160 Å². The number of amides is 2. The number of anilines is 1. The molecule has 0 spiro atoms. The molecule has 3 nitrogen and oxygen atoms in total. The molecule has 0 radical (unpaired) electrons. The van der Waals surface area contributed by atoms with E-state index in [2.05, 4.69) is 28.1 Å². The first-order valence-electron chi connectivity index (χ1n) is 8.44. The Morgan fingerprint density at radius 2 is 1.68 bits per heavy atom. The Balaban J connectivity index is 1.61. The molecule has 2 aliphatic rings. The highest BCUT2D eigenvalue weighted by atomic mass is 79.9. The van der Waals surface area contributed by atoms with E-state index in [1.165, 1.54) is 10.5 Å². The Morgan fingerprint density at radius 1 is 0.960 bits per heavy atom. The van der Waals surface area contributed by atoms with Crippen LogP contribution in [0.25, 0.3) is 0 Å². The predicted molar refractivity (Wildman–Crippen MR) is 102 cm³/mol. The van der Waals surface area contributed by atoms with Crippen molar-refractivity contribution < 1.29 is 9.59 Å². The Kier molecular flexibility index (Phi) is 4.42. The number of fused-ring (bicyclic) bond motifs is 1. The smallest absolute Gasteiger partial charge is 0.237 e. The molecule has 25 heavy (non-hydrogen) atoms. The van der Waals surface area contributed by atoms with Crippen LogP contribution in [0.15, 0.2) is 53.0 Å². The van der Waals surface area contributed by atoms with Crippen molar-refractivity contribution in [2.75, 3.05) is 4.90 Å². The maximum atomic E-state index is 13.0. The van der Waals surface area contributed by atoms with Crippen molar-refractivity contribution in [3.8, 4) is 0 Å². The van der Waals surface area contributed by atoms with Crippen molar-refractivity contribution in [2.45, 2.75) is 25.2 Å². The van der Waals surface area contributed by atoms with Crippen LogP contribution in [0.2, 0.25) is 5.02 Å². The van der Waals surface area contributed by atoms with Gasteiger partial charge in [0.15, 0.2) is 0 Å². The quantitative estimate of drug-likeness (QED) is 0.631. The maximum absolute atomic E-state index is 13.0. The van der Waals surface area contributed by atoms with E-state index >= 15 is 0 Å². The van der Waals surface area contributed by atoms with Crippen molar-refractivity contribution in [1.29, 1.82) is 0 Å². The van der Waals surface area contributed by atoms with Crippen LogP contribution in [0.4, 0.5) is 5.69 Å². The summed E-state index contributed by atoms with van der Waals surface area (Å²) in [7, 11) is 0. The number of hydrogen-bond donors (Lipinski definition) is 0. The first-order valence-corrected chi connectivity index (χ1v) is 9.61. The van der Waals surface area contributed by atoms with Crippen molar-refractivity contribution in [1.82, 2.24) is 0 Å². The largest absolute Gasteiger partial charge is 0.274 e. The molecule has 1 aliphatic heterocycles. The molecular weight excluding hydrogens is 402 g/mol. The summed E-state index contributed by atoms with van der Waals surface area (Å²) in [4.78, 5) is 27.1. The van der Waals surface area contributed by atoms with E-state index < -0.39 is 0 Å². The second kappa shape index (κ2) is 6.58. The molecule has 3 atom stereocenters. The lowest BCUT2D eigenvalue weighted by Gasteiger charge is -2.28. The zero-order chi connectivity index (χ0) is 17.6. The van der Waals surface area contributed by atoms with E-state index in [0.717, 1.165) is 23.7 Å². The summed E-state index contributed by atoms with van der Waals surface area (Å²) < 4.78 is 0.749. The fraction of sp³-hybridized carbons (Fsp3) is 0.300. The second-order valence-corrected chi connectivity index (χ2v) is 8.01. The van der Waals surface area contributed by atoms with Gasteiger partial charge >= 0.3 is 0 Å². The number of halogens is 2. The van der Waals surface area contributed by atoms with Gasteiger partial charge in [-0.25, -0.2) is 0 Å². The van der Waals surface area contributed by atoms with Gasteiger partial charge in [-0.15, -0.1) is 0 Å². The first-order chi connectivity index (χ1) is 12.1. The van der Waals surface area contributed by atoms with Gasteiger partial charge in [-0.1, -0.05) is 41.9 Å². The Hall–Kier alpha value is -1.65. The summed E-state index contributed by atoms with van der Waals surface area (Å²) in [6, 6.07) is 15.5. The van der Waals surface area contributed by atoms with Crippen molar-refractivity contribution in [3.05, 3.63) is 63.6 Å². The number of rotatable bonds is 2. The van der Waals surface area contributed by atoms with E-state index in [0.29, 0.717) is 16.6 Å². The van der Waals surface area contributed by atoms with Crippen molar-refractivity contribution >= 4 is 45.0 Å². The molecule has 2 amide bonds. The fourth-order valence-corrected chi connectivity index (χ4v) is 4.51. The number of nitrogens with zero attached hydrogens (tertiary/aromatic N) is 1. The molecule has 4 rings (SSSR count). The second-order valence-electron chi connectivity index (χ2n) is 6.74. The van der Waals surface area contributed by atoms with Crippen molar-refractivity contribution in [2.24, 2.45) is 11.8 Å². The molecule has 5 heteroatoms. The highest BCUT2D eigenvalue weighted by molar-refractivity contribution is 9.10. The molecule has 2 aromatic carbocycles. The summed E-state index contributed by atoms with van der Waals surface area (Å²) in [5, 5.41) is 0.495. The molecule has 2 fully saturated rings. The standard InChI is InChI=1S/C20H17BrClNO2/c21-17-9-7-14(11-18(17)22)23-19(24)15-8-6-13(10-16(15)20(23)25)12-4-2-1-3-5-12/h1-5,7,9,11,13,15-16H,6,8,10H2. The third-order valence-corrected chi connectivity index (χ3v) is 6.59. The lowest BCUT2D eigenvalue weighted by atomic mass is 9.73. The van der Waals surface area contributed by atoms with Crippen LogP contribution in [0.3, 0.4) is 0 Å². The van der Waals surface area contributed by atoms with Crippen LogP contribution < -0.4 is 4.90 Å². The van der Waals surface area contributed by atoms with E-state index in [1.54, 1.807) is 18.2 Å². The molecule has 0 bridgehead atoms. The van der Waals surface area contributed by atoms with E-state index in [1.807, 2.05) is 18.2 Å². The number of benzene rings is 2. The molecular formula is C20H17BrClNO2. The molecule has 0 N–H and O–H groups in total. The normalized spacial score (nSPS) is 26.0. The SMILES string of the molecule is O=C1C2CCC(c3ccccc3)CC2C(=O)N1c1ccc(Br)c(Cl)c1. The molecule has 3 unspecified atom stereocenters. The van der Waals surface area contributed by atoms with Gasteiger partial charge in [0.2, 0.25) is 11.8 Å². The van der Waals surface area contributed by atoms with Crippen LogP contribution in [0.5, 0.6) is 0 Å². The minimum absolute atomic E-state index is 0.0834. The van der Waals surface area contributed by atoms with Gasteiger partial charge in [0.1, 0.15) is 0 Å². The monoisotopic (exact) mass is 417 g/mol. The number of carbonyl (C=O) groups is 2. The van der Waals surface area contributed by atoms with Crippen LogP contribution in [0, 0.1) is 11.8 Å². The number of hydrogen-bond acceptors (Lipinski definition) is 2. The summed E-state index contributed by atoms with van der Waals surface area (Å²) in [6.45, 7) is 0. The van der Waals surface area contributed by atoms with Gasteiger partial charge in [-0.2, -0.15) is 0 Å². The van der Waals surface area contributed by atoms with Gasteiger partial charge in [0, 0.05) is 4.47 Å². The third-order valence-electron chi connectivity index (χ3n) is 5.36. The van der Waals surface area contributed by atoms with Crippen LogP contribution in [0.1, 0.15) is 30.7 Å². The van der Waals surface area contributed by atoms with Gasteiger partial charge < -0.3 is 0 Å². The molecule has 2 aromatic rings. The minimum atomic E-state index is -0.228. The summed E-state index contributed by atoms with van der Waals surface area (Å²) in [5.74, 6) is -0.259.